The van der Waals surface area contributed by atoms with Crippen molar-refractivity contribution in [2.75, 3.05) is 6.54 Å². The number of rotatable bonds is 5. The highest BCUT2D eigenvalue weighted by molar-refractivity contribution is 6.32. The van der Waals surface area contributed by atoms with E-state index in [4.69, 9.17) is 11.6 Å². The van der Waals surface area contributed by atoms with Crippen LogP contribution in [0.1, 0.15) is 12.0 Å². The number of hydrogen-bond acceptors (Lipinski definition) is 2. The predicted molar refractivity (Wildman–Crippen MR) is 59.6 cm³/mol. The topological polar surface area (TPSA) is 32.3 Å². The number of nitrogens with one attached hydrogen (secondary N) is 1. The fraction of sp³-hybridized carbons (Fsp3) is 0.273. The summed E-state index contributed by atoms with van der Waals surface area (Å²) in [5, 5.41) is 13.1. The smallest absolute Gasteiger partial charge is 0.138 e. The zero-order valence-corrected chi connectivity index (χ0v) is 8.72. The van der Waals surface area contributed by atoms with Gasteiger partial charge in [0.1, 0.15) is 5.75 Å². The van der Waals surface area contributed by atoms with Crippen molar-refractivity contribution in [2.45, 2.75) is 13.0 Å². The number of phenolic OH excluding ortho intramolecular Hbond substituents is 1. The zero-order chi connectivity index (χ0) is 10.4. The molecule has 0 saturated carbocycles. The predicted octanol–water partition coefficient (Wildman–Crippen LogP) is 2.71. The summed E-state index contributed by atoms with van der Waals surface area (Å²) in [7, 11) is 0. The Kier molecular flexibility index (Phi) is 4.50. The van der Waals surface area contributed by atoms with Crippen LogP contribution in [0.4, 0.5) is 0 Å². The Morgan fingerprint density at radius 3 is 3.00 bits per heavy atom. The van der Waals surface area contributed by atoms with Gasteiger partial charge in [-0.25, -0.2) is 0 Å². The summed E-state index contributed by atoms with van der Waals surface area (Å²) in [6.45, 7) is 5.11. The first-order valence-corrected chi connectivity index (χ1v) is 4.91. The van der Waals surface area contributed by atoms with E-state index in [1.807, 2.05) is 18.2 Å². The Bertz CT molecular complexity index is 312. The number of para-hydroxylation sites is 1. The molecule has 1 aromatic rings. The summed E-state index contributed by atoms with van der Waals surface area (Å²) in [5.41, 5.74) is 0.821. The average molecular weight is 212 g/mol. The molecular formula is C11H14ClNO. The maximum absolute atomic E-state index is 9.56. The molecule has 0 amide bonds. The van der Waals surface area contributed by atoms with Crippen LogP contribution in [0.25, 0.3) is 0 Å². The number of phenols is 1. The van der Waals surface area contributed by atoms with Gasteiger partial charge in [-0.3, -0.25) is 0 Å². The van der Waals surface area contributed by atoms with E-state index < -0.39 is 0 Å². The summed E-state index contributed by atoms with van der Waals surface area (Å²) in [6, 6.07) is 5.35. The molecule has 1 aromatic carbocycles. The lowest BCUT2D eigenvalue weighted by Gasteiger charge is -2.06. The van der Waals surface area contributed by atoms with Crippen LogP contribution in [0, 0.1) is 0 Å². The van der Waals surface area contributed by atoms with Crippen molar-refractivity contribution in [1.82, 2.24) is 5.32 Å². The lowest BCUT2D eigenvalue weighted by molar-refractivity contribution is 0.465. The highest BCUT2D eigenvalue weighted by Crippen LogP contribution is 2.26. The molecule has 0 bridgehead atoms. The maximum atomic E-state index is 9.56. The van der Waals surface area contributed by atoms with E-state index in [1.165, 1.54) is 0 Å². The monoisotopic (exact) mass is 211 g/mol. The molecule has 0 saturated heterocycles. The molecular weight excluding hydrogens is 198 g/mol. The van der Waals surface area contributed by atoms with Crippen molar-refractivity contribution >= 4 is 11.6 Å². The molecule has 0 aliphatic rings. The quantitative estimate of drug-likeness (QED) is 0.580. The summed E-state index contributed by atoms with van der Waals surface area (Å²) in [5.74, 6) is 0.167. The minimum atomic E-state index is 0.167. The highest BCUT2D eigenvalue weighted by Gasteiger charge is 2.03. The second-order valence-electron chi connectivity index (χ2n) is 3.00. The van der Waals surface area contributed by atoms with E-state index >= 15 is 0 Å². The van der Waals surface area contributed by atoms with Gasteiger partial charge in [-0.2, -0.15) is 0 Å². The number of aromatic hydroxyl groups is 1. The fourth-order valence-corrected chi connectivity index (χ4v) is 1.32. The Hall–Kier alpha value is -0.990. The van der Waals surface area contributed by atoms with Crippen LogP contribution in [0.3, 0.4) is 0 Å². The van der Waals surface area contributed by atoms with Crippen molar-refractivity contribution in [3.63, 3.8) is 0 Å². The molecule has 2 N–H and O–H groups in total. The molecule has 0 unspecified atom stereocenters. The summed E-state index contributed by atoms with van der Waals surface area (Å²) >= 11 is 5.76. The van der Waals surface area contributed by atoms with E-state index in [1.54, 1.807) is 6.07 Å². The van der Waals surface area contributed by atoms with Crippen molar-refractivity contribution < 1.29 is 5.11 Å². The Balaban J connectivity index is 2.50. The van der Waals surface area contributed by atoms with Crippen LogP contribution < -0.4 is 5.32 Å². The van der Waals surface area contributed by atoms with Crippen LogP contribution in [-0.4, -0.2) is 11.7 Å². The van der Waals surface area contributed by atoms with Crippen LogP contribution in [-0.2, 0) is 6.54 Å². The Labute approximate surface area is 89.2 Å². The fourth-order valence-electron chi connectivity index (χ4n) is 1.13. The molecule has 76 valence electrons. The molecule has 14 heavy (non-hydrogen) atoms. The van der Waals surface area contributed by atoms with Gasteiger partial charge in [0, 0.05) is 12.1 Å². The SMILES string of the molecule is C=CCCNCc1cccc(Cl)c1O. The first-order valence-electron chi connectivity index (χ1n) is 4.53. The lowest BCUT2D eigenvalue weighted by atomic mass is 10.2. The molecule has 0 aliphatic carbocycles. The van der Waals surface area contributed by atoms with Gasteiger partial charge in [-0.15, -0.1) is 6.58 Å². The molecule has 1 rings (SSSR count). The average Bonchev–Trinajstić information content (AvgIpc) is 2.19. The lowest BCUT2D eigenvalue weighted by Crippen LogP contribution is -2.14. The van der Waals surface area contributed by atoms with Gasteiger partial charge in [-0.1, -0.05) is 29.8 Å². The summed E-state index contributed by atoms with van der Waals surface area (Å²) in [6.07, 6.45) is 2.77. The Morgan fingerprint density at radius 2 is 2.29 bits per heavy atom. The van der Waals surface area contributed by atoms with E-state index in [2.05, 4.69) is 11.9 Å². The van der Waals surface area contributed by atoms with Gasteiger partial charge in [0.2, 0.25) is 0 Å². The third kappa shape index (κ3) is 3.05. The van der Waals surface area contributed by atoms with Crippen molar-refractivity contribution in [3.8, 4) is 5.75 Å². The van der Waals surface area contributed by atoms with Crippen LogP contribution in [0.2, 0.25) is 5.02 Å². The van der Waals surface area contributed by atoms with Crippen LogP contribution in [0.15, 0.2) is 30.9 Å². The standard InChI is InChI=1S/C11H14ClNO/c1-2-3-7-13-8-9-5-4-6-10(12)11(9)14/h2,4-6,13-14H,1,3,7-8H2. The van der Waals surface area contributed by atoms with E-state index in [9.17, 15) is 5.11 Å². The van der Waals surface area contributed by atoms with Crippen LogP contribution >= 0.6 is 11.6 Å². The van der Waals surface area contributed by atoms with E-state index in [-0.39, 0.29) is 5.75 Å². The van der Waals surface area contributed by atoms with Gasteiger partial charge >= 0.3 is 0 Å². The van der Waals surface area contributed by atoms with Gasteiger partial charge < -0.3 is 10.4 Å². The molecule has 3 heteroatoms. The highest BCUT2D eigenvalue weighted by atomic mass is 35.5. The van der Waals surface area contributed by atoms with Crippen molar-refractivity contribution in [1.29, 1.82) is 0 Å². The second-order valence-corrected chi connectivity index (χ2v) is 3.41. The second kappa shape index (κ2) is 5.68. The summed E-state index contributed by atoms with van der Waals surface area (Å²) in [4.78, 5) is 0. The van der Waals surface area contributed by atoms with Crippen molar-refractivity contribution in [3.05, 3.63) is 41.4 Å². The number of hydrogen-bond donors (Lipinski definition) is 2. The minimum absolute atomic E-state index is 0.167. The van der Waals surface area contributed by atoms with Gasteiger partial charge in [0.25, 0.3) is 0 Å². The molecule has 2 nitrogen and oxygen atoms in total. The maximum Gasteiger partial charge on any atom is 0.138 e. The zero-order valence-electron chi connectivity index (χ0n) is 7.96. The summed E-state index contributed by atoms with van der Waals surface area (Å²) < 4.78 is 0. The Morgan fingerprint density at radius 1 is 1.50 bits per heavy atom. The molecule has 0 spiro atoms. The van der Waals surface area contributed by atoms with E-state index in [0.29, 0.717) is 11.6 Å². The molecule has 0 radical (unpaired) electrons. The third-order valence-electron chi connectivity index (χ3n) is 1.91. The first kappa shape index (κ1) is 11.1. The third-order valence-corrected chi connectivity index (χ3v) is 2.22. The van der Waals surface area contributed by atoms with Crippen LogP contribution in [0.5, 0.6) is 5.75 Å². The van der Waals surface area contributed by atoms with E-state index in [0.717, 1.165) is 18.5 Å². The molecule has 0 aliphatic heterocycles. The van der Waals surface area contributed by atoms with Gasteiger partial charge in [-0.05, 0) is 19.0 Å². The minimum Gasteiger partial charge on any atom is -0.506 e. The largest absolute Gasteiger partial charge is 0.506 e. The molecule has 0 heterocycles. The molecule has 0 atom stereocenters. The number of benzene rings is 1. The van der Waals surface area contributed by atoms with Crippen molar-refractivity contribution in [2.24, 2.45) is 0 Å². The normalized spacial score (nSPS) is 10.1. The van der Waals surface area contributed by atoms with Gasteiger partial charge in [0.05, 0.1) is 5.02 Å². The number of halogens is 1. The van der Waals surface area contributed by atoms with Gasteiger partial charge in [0.15, 0.2) is 0 Å². The molecule has 0 fully saturated rings. The molecule has 0 aromatic heterocycles. The first-order chi connectivity index (χ1) is 6.75.